The Kier molecular flexibility index (Phi) is 4.62. The van der Waals surface area contributed by atoms with Crippen molar-refractivity contribution >= 4 is 20.6 Å². The molecule has 0 saturated heterocycles. The van der Waals surface area contributed by atoms with Crippen LogP contribution in [0.5, 0.6) is 0 Å². The second kappa shape index (κ2) is 6.08. The molecule has 24 heavy (non-hydrogen) atoms. The molecule has 0 saturated carbocycles. The van der Waals surface area contributed by atoms with E-state index in [-0.39, 0.29) is 12.0 Å². The number of hydrogen-bond donors (Lipinski definition) is 0. The Morgan fingerprint density at radius 2 is 1.92 bits per heavy atom. The molecule has 0 spiro atoms. The Morgan fingerprint density at radius 1 is 1.33 bits per heavy atom. The van der Waals surface area contributed by atoms with Crippen molar-refractivity contribution in [2.24, 2.45) is 10.3 Å². The average molecular weight is 364 g/mol. The molecule has 6 nitrogen and oxygen atoms in total. The monoisotopic (exact) mass is 364 g/mol. The Balaban J connectivity index is 2.49. The van der Waals surface area contributed by atoms with Crippen LogP contribution in [0.4, 0.5) is 13.2 Å². The first-order chi connectivity index (χ1) is 11.0. The summed E-state index contributed by atoms with van der Waals surface area (Å²) in [7, 11) is -4.21. The van der Waals surface area contributed by atoms with Crippen LogP contribution in [0.2, 0.25) is 0 Å². The lowest BCUT2D eigenvalue weighted by Crippen LogP contribution is -2.43. The zero-order valence-electron chi connectivity index (χ0n) is 13.1. The number of oxime groups is 2. The molecule has 2 rings (SSSR count). The molecule has 1 aliphatic heterocycles. The van der Waals surface area contributed by atoms with Gasteiger partial charge < -0.3 is 9.68 Å². The second-order valence-electron chi connectivity index (χ2n) is 5.66. The third kappa shape index (κ3) is 3.23. The lowest BCUT2D eigenvalue weighted by Gasteiger charge is -2.19. The minimum atomic E-state index is -5.20. The van der Waals surface area contributed by atoms with Crippen molar-refractivity contribution in [2.45, 2.75) is 31.1 Å². The van der Waals surface area contributed by atoms with E-state index in [1.165, 1.54) is 13.8 Å². The summed E-state index contributed by atoms with van der Waals surface area (Å²) in [6, 6.07) is 3.77. The minimum absolute atomic E-state index is 0.300. The van der Waals surface area contributed by atoms with Crippen LogP contribution in [-0.2, 0) is 19.5 Å². The first-order valence-corrected chi connectivity index (χ1v) is 8.24. The number of halogens is 3. The molecule has 10 heteroatoms. The minimum Gasteiger partial charge on any atom is -0.399 e. The molecular weight excluding hydrogens is 349 g/mol. The van der Waals surface area contributed by atoms with Crippen LogP contribution in [-0.4, -0.2) is 37.1 Å². The number of rotatable bonds is 4. The highest BCUT2D eigenvalue weighted by Gasteiger charge is 2.56. The van der Waals surface area contributed by atoms with Gasteiger partial charge in [-0.15, -0.1) is 0 Å². The zero-order chi connectivity index (χ0) is 18.2. The second-order valence-corrected chi connectivity index (χ2v) is 7.65. The summed E-state index contributed by atoms with van der Waals surface area (Å²) in [5.74, 6) is -0.669. The molecule has 1 aliphatic rings. The van der Waals surface area contributed by atoms with Gasteiger partial charge >= 0.3 is 5.25 Å². The standard InChI is InChI=1S/C14H15F3N2O4S/c1-13(2)8-11(18-23-13)24(20,21)14(16,17)12(19-22-3)9-4-6-10(15)7-5-9/h4-7H,8H2,1-3H3. The van der Waals surface area contributed by atoms with Crippen molar-refractivity contribution in [1.29, 1.82) is 0 Å². The van der Waals surface area contributed by atoms with Gasteiger partial charge in [0.05, 0.1) is 0 Å². The highest BCUT2D eigenvalue weighted by atomic mass is 32.2. The summed E-state index contributed by atoms with van der Waals surface area (Å²) in [4.78, 5) is 9.20. The first-order valence-electron chi connectivity index (χ1n) is 6.76. The van der Waals surface area contributed by atoms with Gasteiger partial charge in [-0.2, -0.15) is 8.78 Å². The lowest BCUT2D eigenvalue weighted by molar-refractivity contribution is 0.0123. The third-order valence-electron chi connectivity index (χ3n) is 3.20. The maximum Gasteiger partial charge on any atom is 0.396 e. The van der Waals surface area contributed by atoms with Crippen LogP contribution >= 0.6 is 0 Å². The van der Waals surface area contributed by atoms with Gasteiger partial charge in [-0.05, 0) is 38.1 Å². The predicted octanol–water partition coefficient (Wildman–Crippen LogP) is 2.70. The smallest absolute Gasteiger partial charge is 0.396 e. The fourth-order valence-electron chi connectivity index (χ4n) is 2.00. The molecular formula is C14H15F3N2O4S. The van der Waals surface area contributed by atoms with Crippen molar-refractivity contribution in [3.8, 4) is 0 Å². The lowest BCUT2D eigenvalue weighted by atomic mass is 10.1. The molecule has 0 N–H and O–H groups in total. The van der Waals surface area contributed by atoms with Crippen LogP contribution in [0.25, 0.3) is 0 Å². The number of benzene rings is 1. The predicted molar refractivity (Wildman–Crippen MR) is 81.0 cm³/mol. The SMILES string of the molecule is CON=C(c1ccc(F)cc1)C(F)(F)S(=O)(=O)C1=NOC(C)(C)C1. The fourth-order valence-corrected chi connectivity index (χ4v) is 3.37. The zero-order valence-corrected chi connectivity index (χ0v) is 13.9. The van der Waals surface area contributed by atoms with E-state index < -0.39 is 37.3 Å². The van der Waals surface area contributed by atoms with Gasteiger partial charge in [0.2, 0.25) is 0 Å². The number of hydrogen-bond acceptors (Lipinski definition) is 6. The summed E-state index contributed by atoms with van der Waals surface area (Å²) in [5.41, 5.74) is -2.48. The Labute approximate surface area is 136 Å². The summed E-state index contributed by atoms with van der Waals surface area (Å²) in [5, 5.41) is 1.18. The Morgan fingerprint density at radius 3 is 2.38 bits per heavy atom. The van der Waals surface area contributed by atoms with Crippen LogP contribution in [0.3, 0.4) is 0 Å². The van der Waals surface area contributed by atoms with Gasteiger partial charge in [-0.3, -0.25) is 0 Å². The topological polar surface area (TPSA) is 77.3 Å². The molecule has 0 atom stereocenters. The van der Waals surface area contributed by atoms with Crippen molar-refractivity contribution in [1.82, 2.24) is 0 Å². The summed E-state index contributed by atoms with van der Waals surface area (Å²) < 4.78 is 67.1. The van der Waals surface area contributed by atoms with Crippen molar-refractivity contribution in [2.75, 3.05) is 7.11 Å². The largest absolute Gasteiger partial charge is 0.399 e. The van der Waals surface area contributed by atoms with Crippen LogP contribution in [0.1, 0.15) is 25.8 Å². The normalized spacial score (nSPS) is 18.1. The van der Waals surface area contributed by atoms with Crippen molar-refractivity contribution < 1.29 is 31.3 Å². The van der Waals surface area contributed by atoms with E-state index in [4.69, 9.17) is 4.84 Å². The van der Waals surface area contributed by atoms with Gasteiger partial charge in [0.1, 0.15) is 18.5 Å². The highest BCUT2D eigenvalue weighted by Crippen LogP contribution is 2.34. The maximum atomic E-state index is 14.7. The van der Waals surface area contributed by atoms with E-state index in [1.807, 2.05) is 0 Å². The summed E-state index contributed by atoms with van der Waals surface area (Å²) in [6.07, 6.45) is -0.311. The van der Waals surface area contributed by atoms with Crippen LogP contribution < -0.4 is 0 Å². The number of nitrogens with zero attached hydrogens (tertiary/aromatic N) is 2. The van der Waals surface area contributed by atoms with E-state index in [9.17, 15) is 21.6 Å². The molecule has 0 radical (unpaired) electrons. The third-order valence-corrected chi connectivity index (χ3v) is 4.90. The molecule has 1 aromatic rings. The Bertz CT molecular complexity index is 787. The molecule has 1 aromatic carbocycles. The van der Waals surface area contributed by atoms with Gasteiger partial charge in [0, 0.05) is 12.0 Å². The van der Waals surface area contributed by atoms with E-state index in [1.54, 1.807) is 0 Å². The van der Waals surface area contributed by atoms with Gasteiger partial charge in [0.15, 0.2) is 10.8 Å². The molecule has 1 heterocycles. The van der Waals surface area contributed by atoms with Crippen molar-refractivity contribution in [3.05, 3.63) is 35.6 Å². The summed E-state index contributed by atoms with van der Waals surface area (Å²) >= 11 is 0. The number of alkyl halides is 2. The van der Waals surface area contributed by atoms with Gasteiger partial charge in [-0.1, -0.05) is 10.3 Å². The fraction of sp³-hybridized carbons (Fsp3) is 0.429. The first kappa shape index (κ1) is 18.2. The van der Waals surface area contributed by atoms with Crippen LogP contribution in [0.15, 0.2) is 34.6 Å². The van der Waals surface area contributed by atoms with Gasteiger partial charge in [0.25, 0.3) is 9.84 Å². The molecule has 132 valence electrons. The Hall–Kier alpha value is -2.10. The maximum absolute atomic E-state index is 14.7. The number of sulfone groups is 1. The van der Waals surface area contributed by atoms with E-state index in [0.29, 0.717) is 0 Å². The molecule has 0 bridgehead atoms. The molecule has 0 aromatic heterocycles. The summed E-state index contributed by atoms with van der Waals surface area (Å²) in [6.45, 7) is 3.03. The van der Waals surface area contributed by atoms with E-state index >= 15 is 0 Å². The van der Waals surface area contributed by atoms with E-state index in [2.05, 4.69) is 15.1 Å². The molecule has 0 fully saturated rings. The van der Waals surface area contributed by atoms with Gasteiger partial charge in [-0.25, -0.2) is 12.8 Å². The molecule has 0 amide bonds. The highest BCUT2D eigenvalue weighted by molar-refractivity contribution is 8.08. The van der Waals surface area contributed by atoms with Crippen molar-refractivity contribution in [3.63, 3.8) is 0 Å². The van der Waals surface area contributed by atoms with E-state index in [0.717, 1.165) is 31.4 Å². The quantitative estimate of drug-likeness (QED) is 0.608. The van der Waals surface area contributed by atoms with Crippen LogP contribution in [0, 0.1) is 5.82 Å². The molecule has 0 unspecified atom stereocenters. The molecule has 0 aliphatic carbocycles. The average Bonchev–Trinajstić information content (AvgIpc) is 2.86.